The van der Waals surface area contributed by atoms with Crippen LogP contribution in [-0.2, 0) is 6.42 Å². The van der Waals surface area contributed by atoms with Crippen LogP contribution in [0.2, 0.25) is 0 Å². The molecule has 17 heavy (non-hydrogen) atoms. The molecular weight excluding hydrogens is 399 g/mol. The first-order valence-corrected chi connectivity index (χ1v) is 6.66. The molecule has 0 aliphatic heterocycles. The fourth-order valence-electron chi connectivity index (χ4n) is 1.40. The molecule has 0 saturated carbocycles. The van der Waals surface area contributed by atoms with Gasteiger partial charge in [-0.05, 0) is 34.2 Å². The van der Waals surface area contributed by atoms with Gasteiger partial charge >= 0.3 is 0 Å². The maximum atomic E-state index is 11.5. The van der Waals surface area contributed by atoms with Gasteiger partial charge < -0.3 is 10.1 Å². The van der Waals surface area contributed by atoms with E-state index in [4.69, 9.17) is 0 Å². The van der Waals surface area contributed by atoms with Gasteiger partial charge in [0.1, 0.15) is 9.39 Å². The summed E-state index contributed by atoms with van der Waals surface area (Å²) in [6, 6.07) is 7.67. The van der Waals surface area contributed by atoms with Gasteiger partial charge in [-0.1, -0.05) is 34.1 Å². The number of aromatic nitrogens is 2. The molecule has 0 amide bonds. The molecule has 1 aromatic heterocycles. The van der Waals surface area contributed by atoms with E-state index >= 15 is 0 Å². The van der Waals surface area contributed by atoms with E-state index in [1.54, 1.807) is 22.6 Å². The molecule has 0 atom stereocenters. The molecule has 0 radical (unpaired) electrons. The van der Waals surface area contributed by atoms with E-state index in [2.05, 4.69) is 25.9 Å². The van der Waals surface area contributed by atoms with Crippen molar-refractivity contribution in [3.63, 3.8) is 0 Å². The minimum atomic E-state index is -0.319. The van der Waals surface area contributed by atoms with Gasteiger partial charge in [0.05, 0.1) is 0 Å². The van der Waals surface area contributed by atoms with Gasteiger partial charge in [0.15, 0.2) is 0 Å². The summed E-state index contributed by atoms with van der Waals surface area (Å²) >= 11 is 5.18. The summed E-state index contributed by atoms with van der Waals surface area (Å²) in [5.41, 5.74) is 0.677. The van der Waals surface area contributed by atoms with Crippen LogP contribution in [0.1, 0.15) is 11.4 Å². The van der Waals surface area contributed by atoms with Crippen molar-refractivity contribution in [2.24, 2.45) is 0 Å². The Morgan fingerprint density at radius 1 is 1.41 bits per heavy atom. The van der Waals surface area contributed by atoms with Gasteiger partial charge in [0, 0.05) is 10.9 Å². The van der Waals surface area contributed by atoms with Crippen molar-refractivity contribution in [1.82, 2.24) is 9.97 Å². The molecule has 2 N–H and O–H groups in total. The SMILES string of the molecule is O=c1[nH]c(Cc2ccccc2Br)nc(O)c1I. The molecule has 4 nitrogen and oxygen atoms in total. The van der Waals surface area contributed by atoms with Crippen molar-refractivity contribution in [3.8, 4) is 5.88 Å². The van der Waals surface area contributed by atoms with Crippen molar-refractivity contribution in [2.45, 2.75) is 6.42 Å². The van der Waals surface area contributed by atoms with Gasteiger partial charge in [0.25, 0.3) is 5.56 Å². The normalized spacial score (nSPS) is 10.5. The third-order valence-corrected chi connectivity index (χ3v) is 3.96. The molecule has 0 bridgehead atoms. The third-order valence-electron chi connectivity index (χ3n) is 2.21. The zero-order valence-corrected chi connectivity index (χ0v) is 12.3. The number of aromatic amines is 1. The van der Waals surface area contributed by atoms with E-state index in [0.717, 1.165) is 10.0 Å². The van der Waals surface area contributed by atoms with Crippen LogP contribution in [0.3, 0.4) is 0 Å². The average molecular weight is 407 g/mol. The number of nitrogens with one attached hydrogen (secondary N) is 1. The quantitative estimate of drug-likeness (QED) is 0.753. The standard InChI is InChI=1S/C11H8BrIN2O2/c12-7-4-2-1-3-6(7)5-8-14-10(16)9(13)11(17)15-8/h1-4H,5H2,(H2,14,15,16,17). The lowest BCUT2D eigenvalue weighted by Crippen LogP contribution is -2.14. The summed E-state index contributed by atoms with van der Waals surface area (Å²) < 4.78 is 1.15. The van der Waals surface area contributed by atoms with Gasteiger partial charge in [-0.25, -0.2) is 0 Å². The minimum absolute atomic E-state index is 0.207. The second kappa shape index (κ2) is 5.18. The predicted molar refractivity (Wildman–Crippen MR) is 76.2 cm³/mol. The monoisotopic (exact) mass is 406 g/mol. The topological polar surface area (TPSA) is 66.0 Å². The summed E-state index contributed by atoms with van der Waals surface area (Å²) in [5.74, 6) is 0.219. The molecule has 0 unspecified atom stereocenters. The van der Waals surface area contributed by atoms with Crippen molar-refractivity contribution in [2.75, 3.05) is 0 Å². The Hall–Kier alpha value is -0.890. The fraction of sp³-hybridized carbons (Fsp3) is 0.0909. The van der Waals surface area contributed by atoms with Gasteiger partial charge in [-0.3, -0.25) is 4.79 Å². The van der Waals surface area contributed by atoms with Gasteiger partial charge in [-0.2, -0.15) is 4.98 Å². The maximum Gasteiger partial charge on any atom is 0.268 e. The first-order valence-electron chi connectivity index (χ1n) is 4.79. The second-order valence-corrected chi connectivity index (χ2v) is 5.35. The van der Waals surface area contributed by atoms with E-state index in [1.165, 1.54) is 0 Å². The number of nitrogens with zero attached hydrogens (tertiary/aromatic N) is 1. The predicted octanol–water partition coefficient (Wildman–Crippen LogP) is 2.43. The van der Waals surface area contributed by atoms with Crippen LogP contribution in [-0.4, -0.2) is 15.1 Å². The highest BCUT2D eigenvalue weighted by Gasteiger charge is 2.08. The Morgan fingerprint density at radius 2 is 2.12 bits per heavy atom. The Bertz CT molecular complexity index is 613. The Morgan fingerprint density at radius 3 is 2.76 bits per heavy atom. The highest BCUT2D eigenvalue weighted by atomic mass is 127. The molecule has 1 aromatic carbocycles. The molecule has 6 heteroatoms. The van der Waals surface area contributed by atoms with Crippen LogP contribution < -0.4 is 5.56 Å². The molecule has 0 fully saturated rings. The van der Waals surface area contributed by atoms with E-state index in [1.807, 2.05) is 24.3 Å². The highest BCUT2D eigenvalue weighted by Crippen LogP contribution is 2.19. The summed E-state index contributed by atoms with van der Waals surface area (Å²) in [4.78, 5) is 18.0. The lowest BCUT2D eigenvalue weighted by Gasteiger charge is -2.04. The Balaban J connectivity index is 2.38. The zero-order valence-electron chi connectivity index (χ0n) is 8.58. The average Bonchev–Trinajstić information content (AvgIpc) is 2.29. The van der Waals surface area contributed by atoms with Crippen LogP contribution in [0.4, 0.5) is 0 Å². The molecule has 0 aliphatic carbocycles. The highest BCUT2D eigenvalue weighted by molar-refractivity contribution is 14.1. The molecule has 0 saturated heterocycles. The summed E-state index contributed by atoms with van der Waals surface area (Å²) in [6.07, 6.45) is 0.459. The van der Waals surface area contributed by atoms with Gasteiger partial charge in [-0.15, -0.1) is 0 Å². The van der Waals surface area contributed by atoms with E-state index in [-0.39, 0.29) is 15.0 Å². The summed E-state index contributed by atoms with van der Waals surface area (Å²) in [7, 11) is 0. The van der Waals surface area contributed by atoms with Crippen molar-refractivity contribution < 1.29 is 5.11 Å². The Labute approximate surface area is 119 Å². The van der Waals surface area contributed by atoms with E-state index < -0.39 is 0 Å². The van der Waals surface area contributed by atoms with Crippen molar-refractivity contribution in [3.05, 3.63) is 54.1 Å². The zero-order chi connectivity index (χ0) is 12.4. The molecule has 1 heterocycles. The van der Waals surface area contributed by atoms with E-state index in [0.29, 0.717) is 12.2 Å². The smallest absolute Gasteiger partial charge is 0.268 e. The number of rotatable bonds is 2. The molecule has 2 aromatic rings. The minimum Gasteiger partial charge on any atom is -0.492 e. The lowest BCUT2D eigenvalue weighted by molar-refractivity contribution is 0.443. The second-order valence-electron chi connectivity index (χ2n) is 3.42. The molecule has 2 rings (SSSR count). The number of hydrogen-bond donors (Lipinski definition) is 2. The Kier molecular flexibility index (Phi) is 3.82. The molecule has 0 aliphatic rings. The summed E-state index contributed by atoms with van der Waals surface area (Å²) in [5, 5.41) is 9.48. The fourth-order valence-corrected chi connectivity index (χ4v) is 2.08. The number of aromatic hydroxyl groups is 1. The summed E-state index contributed by atoms with van der Waals surface area (Å²) in [6.45, 7) is 0. The van der Waals surface area contributed by atoms with E-state index in [9.17, 15) is 9.90 Å². The number of halogens is 2. The molecule has 0 spiro atoms. The van der Waals surface area contributed by atoms with Crippen LogP contribution in [0.25, 0.3) is 0 Å². The number of hydrogen-bond acceptors (Lipinski definition) is 3. The van der Waals surface area contributed by atoms with Crippen LogP contribution in [0.5, 0.6) is 5.88 Å². The van der Waals surface area contributed by atoms with Crippen LogP contribution in [0, 0.1) is 3.57 Å². The van der Waals surface area contributed by atoms with Crippen LogP contribution in [0.15, 0.2) is 33.5 Å². The largest absolute Gasteiger partial charge is 0.492 e. The van der Waals surface area contributed by atoms with Crippen LogP contribution >= 0.6 is 38.5 Å². The maximum absolute atomic E-state index is 11.5. The first kappa shape index (κ1) is 12.6. The molecular formula is C11H8BrIN2O2. The first-order chi connectivity index (χ1) is 8.08. The lowest BCUT2D eigenvalue weighted by atomic mass is 10.1. The van der Waals surface area contributed by atoms with Crippen molar-refractivity contribution >= 4 is 38.5 Å². The number of benzene rings is 1. The van der Waals surface area contributed by atoms with Crippen molar-refractivity contribution in [1.29, 1.82) is 0 Å². The third kappa shape index (κ3) is 2.86. The van der Waals surface area contributed by atoms with Gasteiger partial charge in [0.2, 0.25) is 5.88 Å². The molecule has 88 valence electrons. The number of H-pyrrole nitrogens is 1.